The fourth-order valence-corrected chi connectivity index (χ4v) is 3.18. The summed E-state index contributed by atoms with van der Waals surface area (Å²) in [7, 11) is 0. The maximum Gasteiger partial charge on any atom is 0.0593 e. The Balaban J connectivity index is 2.02. The first-order valence-electron chi connectivity index (χ1n) is 6.41. The summed E-state index contributed by atoms with van der Waals surface area (Å²) in [5.41, 5.74) is 1.12. The van der Waals surface area contributed by atoms with Crippen molar-refractivity contribution in [3.8, 4) is 0 Å². The maximum atomic E-state index is 6.10. The third-order valence-electron chi connectivity index (χ3n) is 3.67. The van der Waals surface area contributed by atoms with E-state index in [1.54, 1.807) is 0 Å². The molecule has 0 heterocycles. The molecular weight excluding hydrogens is 298 g/mol. The highest BCUT2D eigenvalue weighted by molar-refractivity contribution is 9.10. The van der Waals surface area contributed by atoms with Crippen LogP contribution in [0.25, 0.3) is 0 Å². The average Bonchev–Trinajstić information content (AvgIpc) is 2.35. The lowest BCUT2D eigenvalue weighted by molar-refractivity contribution is 0.327. The molecule has 0 aliphatic heterocycles. The summed E-state index contributed by atoms with van der Waals surface area (Å²) in [4.78, 5) is 0. The number of halogens is 2. The Morgan fingerprint density at radius 3 is 3.00 bits per heavy atom. The second-order valence-corrected chi connectivity index (χ2v) is 6.08. The number of rotatable bonds is 3. The van der Waals surface area contributed by atoms with E-state index in [4.69, 9.17) is 11.6 Å². The molecule has 94 valence electrons. The molecule has 1 aliphatic rings. The zero-order valence-corrected chi connectivity index (χ0v) is 12.5. The van der Waals surface area contributed by atoms with Gasteiger partial charge in [0.05, 0.1) is 15.2 Å². The average molecular weight is 317 g/mol. The molecule has 1 N–H and O–H groups in total. The van der Waals surface area contributed by atoms with Crippen LogP contribution >= 0.6 is 27.5 Å². The second-order valence-electron chi connectivity index (χ2n) is 4.88. The van der Waals surface area contributed by atoms with E-state index in [1.807, 2.05) is 12.1 Å². The molecule has 0 aromatic heterocycles. The Kier molecular flexibility index (Phi) is 4.75. The van der Waals surface area contributed by atoms with E-state index in [0.29, 0.717) is 6.04 Å². The molecule has 2 atom stereocenters. The highest BCUT2D eigenvalue weighted by Gasteiger charge is 2.21. The van der Waals surface area contributed by atoms with Crippen LogP contribution in [0, 0.1) is 5.92 Å². The van der Waals surface area contributed by atoms with E-state index < -0.39 is 0 Å². The molecule has 0 saturated heterocycles. The Morgan fingerprint density at radius 2 is 2.24 bits per heavy atom. The molecule has 0 bridgehead atoms. The lowest BCUT2D eigenvalue weighted by Gasteiger charge is -2.30. The molecular formula is C14H19BrClN. The summed E-state index contributed by atoms with van der Waals surface area (Å²) in [6.07, 6.45) is 6.60. The molecule has 1 nitrogen and oxygen atoms in total. The van der Waals surface area contributed by atoms with Gasteiger partial charge in [0, 0.05) is 6.04 Å². The van der Waals surface area contributed by atoms with Gasteiger partial charge in [-0.1, -0.05) is 43.9 Å². The number of benzene rings is 1. The van der Waals surface area contributed by atoms with E-state index in [1.165, 1.54) is 32.1 Å². The summed E-state index contributed by atoms with van der Waals surface area (Å²) >= 11 is 9.65. The van der Waals surface area contributed by atoms with Crippen molar-refractivity contribution in [2.24, 2.45) is 5.92 Å². The third kappa shape index (κ3) is 3.38. The van der Waals surface area contributed by atoms with Crippen LogP contribution in [-0.2, 0) is 0 Å². The minimum absolute atomic E-state index is 0.600. The van der Waals surface area contributed by atoms with Crippen LogP contribution < -0.4 is 5.32 Å². The predicted molar refractivity (Wildman–Crippen MR) is 78.8 cm³/mol. The van der Waals surface area contributed by atoms with E-state index in [-0.39, 0.29) is 0 Å². The fraction of sp³-hybridized carbons (Fsp3) is 0.571. The number of nitrogens with one attached hydrogen (secondary N) is 1. The van der Waals surface area contributed by atoms with Gasteiger partial charge in [0.1, 0.15) is 0 Å². The molecule has 0 radical (unpaired) electrons. The van der Waals surface area contributed by atoms with Crippen molar-refractivity contribution in [2.45, 2.75) is 45.1 Å². The molecule has 1 aromatic carbocycles. The standard InChI is InChI=1S/C14H19BrClN/c1-2-10-5-3-6-11(9-10)17-13-8-4-7-12(16)14(13)15/h4,7-8,10-11,17H,2-3,5-6,9H2,1H3. The van der Waals surface area contributed by atoms with Crippen molar-refractivity contribution in [3.05, 3.63) is 27.7 Å². The van der Waals surface area contributed by atoms with Crippen LogP contribution in [0.4, 0.5) is 5.69 Å². The zero-order valence-electron chi connectivity index (χ0n) is 10.2. The SMILES string of the molecule is CCC1CCCC(Nc2cccc(Cl)c2Br)C1. The van der Waals surface area contributed by atoms with Crippen molar-refractivity contribution in [1.82, 2.24) is 0 Å². The van der Waals surface area contributed by atoms with Gasteiger partial charge >= 0.3 is 0 Å². The van der Waals surface area contributed by atoms with Gasteiger partial charge in [-0.05, 0) is 46.8 Å². The van der Waals surface area contributed by atoms with E-state index >= 15 is 0 Å². The first-order chi connectivity index (χ1) is 8.20. The summed E-state index contributed by atoms with van der Waals surface area (Å²) in [5, 5.41) is 4.40. The predicted octanol–water partition coefficient (Wildman–Crippen LogP) is 5.48. The van der Waals surface area contributed by atoms with Crippen molar-refractivity contribution in [2.75, 3.05) is 5.32 Å². The van der Waals surface area contributed by atoms with Crippen molar-refractivity contribution in [1.29, 1.82) is 0 Å². The van der Waals surface area contributed by atoms with E-state index in [2.05, 4.69) is 34.2 Å². The number of hydrogen-bond donors (Lipinski definition) is 1. The molecule has 1 aliphatic carbocycles. The van der Waals surface area contributed by atoms with Gasteiger partial charge in [0.15, 0.2) is 0 Å². The highest BCUT2D eigenvalue weighted by Crippen LogP contribution is 2.33. The molecule has 17 heavy (non-hydrogen) atoms. The Labute approximate surface area is 117 Å². The van der Waals surface area contributed by atoms with Crippen LogP contribution in [0.2, 0.25) is 5.02 Å². The summed E-state index contributed by atoms with van der Waals surface area (Å²) < 4.78 is 0.986. The van der Waals surface area contributed by atoms with Gasteiger partial charge < -0.3 is 5.32 Å². The Morgan fingerprint density at radius 1 is 1.41 bits per heavy atom. The number of anilines is 1. The van der Waals surface area contributed by atoms with Gasteiger partial charge in [0.2, 0.25) is 0 Å². The van der Waals surface area contributed by atoms with Crippen LogP contribution in [0.15, 0.2) is 22.7 Å². The van der Waals surface area contributed by atoms with Crippen LogP contribution in [0.5, 0.6) is 0 Å². The summed E-state index contributed by atoms with van der Waals surface area (Å²) in [6.45, 7) is 2.29. The van der Waals surface area contributed by atoms with Gasteiger partial charge in [-0.25, -0.2) is 0 Å². The molecule has 1 fully saturated rings. The van der Waals surface area contributed by atoms with E-state index in [0.717, 1.165) is 21.1 Å². The molecule has 2 unspecified atom stereocenters. The van der Waals surface area contributed by atoms with Crippen molar-refractivity contribution < 1.29 is 0 Å². The van der Waals surface area contributed by atoms with Crippen LogP contribution in [-0.4, -0.2) is 6.04 Å². The second kappa shape index (κ2) is 6.10. The number of hydrogen-bond acceptors (Lipinski definition) is 1. The molecule has 3 heteroatoms. The smallest absolute Gasteiger partial charge is 0.0593 e. The lowest BCUT2D eigenvalue weighted by atomic mass is 9.84. The van der Waals surface area contributed by atoms with Gasteiger partial charge in [0.25, 0.3) is 0 Å². The van der Waals surface area contributed by atoms with Gasteiger partial charge in [-0.2, -0.15) is 0 Å². The zero-order chi connectivity index (χ0) is 12.3. The molecule has 1 saturated carbocycles. The van der Waals surface area contributed by atoms with Crippen LogP contribution in [0.1, 0.15) is 39.0 Å². The topological polar surface area (TPSA) is 12.0 Å². The normalized spacial score (nSPS) is 24.6. The third-order valence-corrected chi connectivity index (χ3v) is 5.07. The largest absolute Gasteiger partial charge is 0.381 e. The minimum atomic E-state index is 0.600. The molecule has 1 aromatic rings. The maximum absolute atomic E-state index is 6.10. The monoisotopic (exact) mass is 315 g/mol. The van der Waals surface area contributed by atoms with Gasteiger partial charge in [-0.3, -0.25) is 0 Å². The van der Waals surface area contributed by atoms with Crippen molar-refractivity contribution in [3.63, 3.8) is 0 Å². The van der Waals surface area contributed by atoms with Crippen molar-refractivity contribution >= 4 is 33.2 Å². The van der Waals surface area contributed by atoms with Crippen LogP contribution in [0.3, 0.4) is 0 Å². The van der Waals surface area contributed by atoms with Gasteiger partial charge in [-0.15, -0.1) is 0 Å². The highest BCUT2D eigenvalue weighted by atomic mass is 79.9. The Bertz CT molecular complexity index is 380. The minimum Gasteiger partial charge on any atom is -0.381 e. The molecule has 0 amide bonds. The first kappa shape index (κ1) is 13.2. The Hall–Kier alpha value is -0.210. The summed E-state index contributed by atoms with van der Waals surface area (Å²) in [6, 6.07) is 6.59. The molecule has 2 rings (SSSR count). The molecule has 0 spiro atoms. The first-order valence-corrected chi connectivity index (χ1v) is 7.58. The summed E-state index contributed by atoms with van der Waals surface area (Å²) in [5.74, 6) is 0.888. The quantitative estimate of drug-likeness (QED) is 0.778. The fourth-order valence-electron chi connectivity index (χ4n) is 2.63. The van der Waals surface area contributed by atoms with E-state index in [9.17, 15) is 0 Å². The lowest BCUT2D eigenvalue weighted by Crippen LogP contribution is -2.27.